The molecule has 1 aliphatic rings. The molecule has 0 aliphatic carbocycles. The zero-order chi connectivity index (χ0) is 12.3. The summed E-state index contributed by atoms with van der Waals surface area (Å²) in [6, 6.07) is 0. The van der Waals surface area contributed by atoms with Crippen molar-refractivity contribution in [1.82, 2.24) is 15.5 Å². The molecule has 1 N–H and O–H groups in total. The topological polar surface area (TPSA) is 60.2 Å². The normalized spacial score (nSPS) is 17.1. The Bertz CT molecular complexity index is 356. The summed E-state index contributed by atoms with van der Waals surface area (Å²) < 4.78 is 11.2. The maximum atomic E-state index is 5.86. The molecule has 0 unspecified atom stereocenters. The quantitative estimate of drug-likeness (QED) is 0.820. The summed E-state index contributed by atoms with van der Waals surface area (Å²) in [5.41, 5.74) is -0.381. The van der Waals surface area contributed by atoms with E-state index in [0.29, 0.717) is 18.3 Å². The van der Waals surface area contributed by atoms with Gasteiger partial charge in [0.05, 0.1) is 5.92 Å². The molecule has 1 saturated heterocycles. The molecule has 0 bridgehead atoms. The van der Waals surface area contributed by atoms with Crippen molar-refractivity contribution in [3.8, 4) is 0 Å². The first kappa shape index (κ1) is 12.5. The van der Waals surface area contributed by atoms with Crippen LogP contribution in [0.3, 0.4) is 0 Å². The summed E-state index contributed by atoms with van der Waals surface area (Å²) in [6.07, 6.45) is 1.72. The van der Waals surface area contributed by atoms with Crippen LogP contribution >= 0.6 is 0 Å². The lowest BCUT2D eigenvalue weighted by Crippen LogP contribution is -2.40. The van der Waals surface area contributed by atoms with E-state index in [1.165, 1.54) is 0 Å². The van der Waals surface area contributed by atoms with Crippen molar-refractivity contribution in [1.29, 1.82) is 0 Å². The fourth-order valence-electron chi connectivity index (χ4n) is 2.16. The highest BCUT2D eigenvalue weighted by Gasteiger charge is 2.36. The summed E-state index contributed by atoms with van der Waals surface area (Å²) in [4.78, 5) is 4.52. The lowest BCUT2D eigenvalue weighted by Gasteiger charge is -2.28. The second-order valence-corrected chi connectivity index (χ2v) is 4.45. The number of hydrogen-bond donors (Lipinski definition) is 1. The third-order valence-corrected chi connectivity index (χ3v) is 3.54. The Morgan fingerprint density at radius 3 is 2.53 bits per heavy atom. The predicted molar refractivity (Wildman–Crippen MR) is 63.8 cm³/mol. The van der Waals surface area contributed by atoms with Crippen molar-refractivity contribution in [2.75, 3.05) is 19.7 Å². The van der Waals surface area contributed by atoms with E-state index in [1.807, 2.05) is 6.92 Å². The second-order valence-electron chi connectivity index (χ2n) is 4.45. The van der Waals surface area contributed by atoms with Gasteiger partial charge in [0.15, 0.2) is 0 Å². The molecule has 1 fully saturated rings. The van der Waals surface area contributed by atoms with Crippen LogP contribution in [-0.4, -0.2) is 29.8 Å². The van der Waals surface area contributed by atoms with Gasteiger partial charge in [-0.15, -0.1) is 0 Å². The molecule has 0 radical (unpaired) electrons. The van der Waals surface area contributed by atoms with Gasteiger partial charge in [-0.3, -0.25) is 0 Å². The Morgan fingerprint density at radius 1 is 1.35 bits per heavy atom. The van der Waals surface area contributed by atoms with Crippen LogP contribution in [0.5, 0.6) is 0 Å². The molecule has 1 aliphatic heterocycles. The lowest BCUT2D eigenvalue weighted by molar-refractivity contribution is -0.0583. The third-order valence-electron chi connectivity index (χ3n) is 3.54. The van der Waals surface area contributed by atoms with E-state index in [2.05, 4.69) is 29.3 Å². The van der Waals surface area contributed by atoms with Gasteiger partial charge in [0, 0.05) is 19.7 Å². The summed E-state index contributed by atoms with van der Waals surface area (Å²) in [5, 5.41) is 7.31. The highest BCUT2D eigenvalue weighted by atomic mass is 16.5. The molecule has 0 atom stereocenters. The number of ether oxygens (including phenoxy) is 1. The van der Waals surface area contributed by atoms with Gasteiger partial charge in [-0.2, -0.15) is 4.98 Å². The van der Waals surface area contributed by atoms with Crippen molar-refractivity contribution >= 4 is 0 Å². The first-order valence-electron chi connectivity index (χ1n) is 6.44. The second kappa shape index (κ2) is 5.14. The standard InChI is InChI=1S/C12H21N3O2/c1-4-12(5-2,16-6-3)11-14-10(17-15-11)9-7-13-8-9/h9,13H,4-8H2,1-3H3. The summed E-state index contributed by atoms with van der Waals surface area (Å²) in [6.45, 7) is 8.72. The van der Waals surface area contributed by atoms with E-state index in [0.717, 1.165) is 31.8 Å². The summed E-state index contributed by atoms with van der Waals surface area (Å²) in [7, 11) is 0. The molecule has 2 rings (SSSR count). The highest BCUT2D eigenvalue weighted by Crippen LogP contribution is 2.32. The molecule has 0 amide bonds. The van der Waals surface area contributed by atoms with Gasteiger partial charge in [0.25, 0.3) is 0 Å². The van der Waals surface area contributed by atoms with Gasteiger partial charge in [-0.1, -0.05) is 19.0 Å². The van der Waals surface area contributed by atoms with E-state index in [-0.39, 0.29) is 5.60 Å². The van der Waals surface area contributed by atoms with E-state index < -0.39 is 0 Å². The molecular formula is C12H21N3O2. The van der Waals surface area contributed by atoms with Gasteiger partial charge < -0.3 is 14.6 Å². The molecule has 1 aromatic heterocycles. The van der Waals surface area contributed by atoms with Gasteiger partial charge in [-0.05, 0) is 19.8 Å². The Hall–Kier alpha value is -0.940. The molecule has 5 heteroatoms. The van der Waals surface area contributed by atoms with Crippen LogP contribution < -0.4 is 5.32 Å². The van der Waals surface area contributed by atoms with Crippen molar-refractivity contribution in [3.63, 3.8) is 0 Å². The Morgan fingerprint density at radius 2 is 2.06 bits per heavy atom. The predicted octanol–water partition coefficient (Wildman–Crippen LogP) is 1.81. The van der Waals surface area contributed by atoms with Crippen LogP contribution in [0.1, 0.15) is 51.2 Å². The third kappa shape index (κ3) is 2.21. The van der Waals surface area contributed by atoms with Gasteiger partial charge in [-0.25, -0.2) is 0 Å². The fourth-order valence-corrected chi connectivity index (χ4v) is 2.16. The molecule has 1 aromatic rings. The minimum atomic E-state index is -0.381. The number of nitrogens with one attached hydrogen (secondary N) is 1. The van der Waals surface area contributed by atoms with Crippen LogP contribution in [0.4, 0.5) is 0 Å². The van der Waals surface area contributed by atoms with Gasteiger partial charge >= 0.3 is 0 Å². The minimum absolute atomic E-state index is 0.379. The Labute approximate surface area is 102 Å². The summed E-state index contributed by atoms with van der Waals surface area (Å²) >= 11 is 0. The van der Waals surface area contributed by atoms with Crippen molar-refractivity contribution < 1.29 is 9.26 Å². The van der Waals surface area contributed by atoms with E-state index in [4.69, 9.17) is 9.26 Å². The van der Waals surface area contributed by atoms with Crippen LogP contribution in [0.25, 0.3) is 0 Å². The summed E-state index contributed by atoms with van der Waals surface area (Å²) in [5.74, 6) is 1.82. The molecular weight excluding hydrogens is 218 g/mol. The molecule has 2 heterocycles. The monoisotopic (exact) mass is 239 g/mol. The fraction of sp³-hybridized carbons (Fsp3) is 0.833. The highest BCUT2D eigenvalue weighted by molar-refractivity contribution is 5.06. The molecule has 0 saturated carbocycles. The Balaban J connectivity index is 2.20. The maximum Gasteiger partial charge on any atom is 0.232 e. The zero-order valence-corrected chi connectivity index (χ0v) is 10.8. The molecule has 0 spiro atoms. The first-order valence-corrected chi connectivity index (χ1v) is 6.44. The smallest absolute Gasteiger partial charge is 0.232 e. The van der Waals surface area contributed by atoms with Crippen LogP contribution in [0.15, 0.2) is 4.52 Å². The number of rotatable bonds is 6. The largest absolute Gasteiger partial charge is 0.367 e. The first-order chi connectivity index (χ1) is 8.25. The van der Waals surface area contributed by atoms with Gasteiger partial charge in [0.1, 0.15) is 5.60 Å². The van der Waals surface area contributed by atoms with Crippen LogP contribution in [0.2, 0.25) is 0 Å². The SMILES string of the molecule is CCOC(CC)(CC)c1noc(C2CNC2)n1. The number of nitrogens with zero attached hydrogens (tertiary/aromatic N) is 2. The Kier molecular flexibility index (Phi) is 3.79. The zero-order valence-electron chi connectivity index (χ0n) is 10.8. The molecule has 17 heavy (non-hydrogen) atoms. The number of aromatic nitrogens is 2. The van der Waals surface area contributed by atoms with E-state index in [9.17, 15) is 0 Å². The number of hydrogen-bond acceptors (Lipinski definition) is 5. The molecule has 96 valence electrons. The lowest BCUT2D eigenvalue weighted by atomic mass is 9.96. The van der Waals surface area contributed by atoms with Crippen molar-refractivity contribution in [2.45, 2.75) is 45.1 Å². The molecule has 5 nitrogen and oxygen atoms in total. The van der Waals surface area contributed by atoms with Crippen molar-refractivity contribution in [2.24, 2.45) is 0 Å². The van der Waals surface area contributed by atoms with Gasteiger partial charge in [0.2, 0.25) is 11.7 Å². The van der Waals surface area contributed by atoms with Crippen molar-refractivity contribution in [3.05, 3.63) is 11.7 Å². The maximum absolute atomic E-state index is 5.86. The average Bonchev–Trinajstić information content (AvgIpc) is 2.73. The minimum Gasteiger partial charge on any atom is -0.367 e. The van der Waals surface area contributed by atoms with E-state index >= 15 is 0 Å². The van der Waals surface area contributed by atoms with E-state index in [1.54, 1.807) is 0 Å². The van der Waals surface area contributed by atoms with Crippen LogP contribution in [-0.2, 0) is 10.3 Å². The molecule has 0 aromatic carbocycles. The van der Waals surface area contributed by atoms with Crippen LogP contribution in [0, 0.1) is 0 Å². The average molecular weight is 239 g/mol.